The van der Waals surface area contributed by atoms with E-state index in [2.05, 4.69) is 5.32 Å². The molecule has 0 radical (unpaired) electrons. The standard InChI is InChI=1S/C15H17FN2O4S/c16-11-3-1-2-10(6-11)15(22)17-8-13(19)18-4-5-23-9-12(18)7-14(20)21/h1-3,6,12H,4-5,7-9H2,(H,17,22)(H,20,21). The fraction of sp³-hybridized carbons (Fsp3) is 0.400. The van der Waals surface area contributed by atoms with Crippen molar-refractivity contribution in [3.63, 3.8) is 0 Å². The number of carboxylic acid groups (broad SMARTS) is 1. The number of rotatable bonds is 5. The smallest absolute Gasteiger partial charge is 0.305 e. The van der Waals surface area contributed by atoms with Crippen LogP contribution in [-0.4, -0.2) is 58.4 Å². The van der Waals surface area contributed by atoms with Gasteiger partial charge in [-0.15, -0.1) is 0 Å². The lowest BCUT2D eigenvalue weighted by Crippen LogP contribution is -2.50. The fourth-order valence-electron chi connectivity index (χ4n) is 2.34. The van der Waals surface area contributed by atoms with Gasteiger partial charge in [0, 0.05) is 23.6 Å². The van der Waals surface area contributed by atoms with E-state index in [1.807, 2.05) is 0 Å². The Hall–Kier alpha value is -2.09. The summed E-state index contributed by atoms with van der Waals surface area (Å²) in [5, 5.41) is 11.4. The quantitative estimate of drug-likeness (QED) is 0.834. The van der Waals surface area contributed by atoms with Gasteiger partial charge in [0.15, 0.2) is 0 Å². The first-order valence-corrected chi connectivity index (χ1v) is 8.25. The molecule has 8 heteroatoms. The largest absolute Gasteiger partial charge is 0.481 e. The molecular weight excluding hydrogens is 323 g/mol. The zero-order valence-electron chi connectivity index (χ0n) is 12.3. The number of amides is 2. The summed E-state index contributed by atoms with van der Waals surface area (Å²) in [6.45, 7) is 0.216. The van der Waals surface area contributed by atoms with Crippen molar-refractivity contribution < 1.29 is 23.9 Å². The van der Waals surface area contributed by atoms with Crippen molar-refractivity contribution >= 4 is 29.5 Å². The number of carbonyl (C=O) groups excluding carboxylic acids is 2. The Morgan fingerprint density at radius 1 is 1.39 bits per heavy atom. The molecule has 1 aromatic rings. The molecule has 1 aromatic carbocycles. The first-order valence-electron chi connectivity index (χ1n) is 7.10. The van der Waals surface area contributed by atoms with Gasteiger partial charge in [-0.3, -0.25) is 14.4 Å². The van der Waals surface area contributed by atoms with Crippen LogP contribution in [-0.2, 0) is 9.59 Å². The lowest BCUT2D eigenvalue weighted by Gasteiger charge is -2.34. The van der Waals surface area contributed by atoms with Crippen molar-refractivity contribution in [3.05, 3.63) is 35.6 Å². The van der Waals surface area contributed by atoms with Crippen molar-refractivity contribution in [1.29, 1.82) is 0 Å². The molecule has 0 spiro atoms. The Balaban J connectivity index is 1.92. The minimum Gasteiger partial charge on any atom is -0.481 e. The van der Waals surface area contributed by atoms with E-state index in [0.717, 1.165) is 11.8 Å². The van der Waals surface area contributed by atoms with Gasteiger partial charge < -0.3 is 15.3 Å². The molecule has 1 heterocycles. The second kappa shape index (κ2) is 7.96. The molecule has 2 N–H and O–H groups in total. The van der Waals surface area contributed by atoms with E-state index in [1.165, 1.54) is 23.1 Å². The normalized spacial score (nSPS) is 17.6. The Morgan fingerprint density at radius 2 is 2.17 bits per heavy atom. The molecule has 1 fully saturated rings. The molecule has 0 saturated carbocycles. The Bertz CT molecular complexity index is 611. The monoisotopic (exact) mass is 340 g/mol. The first kappa shape index (κ1) is 17.3. The predicted molar refractivity (Wildman–Crippen MR) is 83.8 cm³/mol. The maximum absolute atomic E-state index is 13.1. The molecule has 2 rings (SSSR count). The molecule has 23 heavy (non-hydrogen) atoms. The van der Waals surface area contributed by atoms with E-state index in [0.29, 0.717) is 12.3 Å². The summed E-state index contributed by atoms with van der Waals surface area (Å²) in [4.78, 5) is 36.5. The fourth-order valence-corrected chi connectivity index (χ4v) is 3.41. The van der Waals surface area contributed by atoms with E-state index >= 15 is 0 Å². The number of nitrogens with one attached hydrogen (secondary N) is 1. The van der Waals surface area contributed by atoms with Gasteiger partial charge >= 0.3 is 5.97 Å². The van der Waals surface area contributed by atoms with Gasteiger partial charge in [0.2, 0.25) is 5.91 Å². The third-order valence-electron chi connectivity index (χ3n) is 3.45. The summed E-state index contributed by atoms with van der Waals surface area (Å²) in [7, 11) is 0. The average Bonchev–Trinajstić information content (AvgIpc) is 2.52. The first-order chi connectivity index (χ1) is 11.0. The number of halogens is 1. The molecule has 0 aliphatic carbocycles. The maximum Gasteiger partial charge on any atom is 0.305 e. The van der Waals surface area contributed by atoms with Crippen LogP contribution in [0.4, 0.5) is 4.39 Å². The van der Waals surface area contributed by atoms with Gasteiger partial charge in [-0.05, 0) is 18.2 Å². The Kier molecular flexibility index (Phi) is 5.97. The number of carbonyl (C=O) groups is 3. The van der Waals surface area contributed by atoms with Crippen LogP contribution >= 0.6 is 11.8 Å². The summed E-state index contributed by atoms with van der Waals surface area (Å²) in [5.74, 6) is -1.06. The zero-order chi connectivity index (χ0) is 16.8. The highest BCUT2D eigenvalue weighted by Gasteiger charge is 2.28. The van der Waals surface area contributed by atoms with Crippen LogP contribution in [0.2, 0.25) is 0 Å². The number of thioether (sulfide) groups is 1. The number of hydrogen-bond donors (Lipinski definition) is 2. The summed E-state index contributed by atoms with van der Waals surface area (Å²) in [5.41, 5.74) is 0.133. The minimum absolute atomic E-state index is 0.115. The molecule has 1 unspecified atom stereocenters. The van der Waals surface area contributed by atoms with Crippen molar-refractivity contribution in [2.24, 2.45) is 0 Å². The van der Waals surface area contributed by atoms with Gasteiger partial charge in [0.25, 0.3) is 5.91 Å². The van der Waals surface area contributed by atoms with Crippen LogP contribution < -0.4 is 5.32 Å². The van der Waals surface area contributed by atoms with Crippen molar-refractivity contribution in [3.8, 4) is 0 Å². The lowest BCUT2D eigenvalue weighted by molar-refractivity contribution is -0.140. The van der Waals surface area contributed by atoms with Gasteiger partial charge in [0.1, 0.15) is 5.82 Å². The number of benzene rings is 1. The van der Waals surface area contributed by atoms with Gasteiger partial charge in [0.05, 0.1) is 19.0 Å². The van der Waals surface area contributed by atoms with E-state index in [-0.39, 0.29) is 30.5 Å². The molecule has 1 atom stereocenters. The van der Waals surface area contributed by atoms with E-state index in [9.17, 15) is 18.8 Å². The SMILES string of the molecule is O=C(O)CC1CSCCN1C(=O)CNC(=O)c1cccc(F)c1. The molecule has 6 nitrogen and oxygen atoms in total. The summed E-state index contributed by atoms with van der Waals surface area (Å²) in [6, 6.07) is 4.81. The van der Waals surface area contributed by atoms with Crippen molar-refractivity contribution in [2.45, 2.75) is 12.5 Å². The molecule has 1 saturated heterocycles. The Labute approximate surface area is 137 Å². The topological polar surface area (TPSA) is 86.7 Å². The van der Waals surface area contributed by atoms with E-state index < -0.39 is 17.7 Å². The number of nitrogens with zero attached hydrogens (tertiary/aromatic N) is 1. The molecule has 0 bridgehead atoms. The summed E-state index contributed by atoms with van der Waals surface area (Å²) < 4.78 is 13.1. The van der Waals surface area contributed by atoms with Gasteiger partial charge in [-0.25, -0.2) is 4.39 Å². The third-order valence-corrected chi connectivity index (χ3v) is 4.54. The molecule has 2 amide bonds. The van der Waals surface area contributed by atoms with Crippen LogP contribution in [0.15, 0.2) is 24.3 Å². The number of carboxylic acids is 1. The van der Waals surface area contributed by atoms with Crippen LogP contribution in [0, 0.1) is 5.82 Å². The van der Waals surface area contributed by atoms with Crippen LogP contribution in [0.5, 0.6) is 0 Å². The van der Waals surface area contributed by atoms with Crippen LogP contribution in [0.1, 0.15) is 16.8 Å². The molecule has 124 valence electrons. The number of aliphatic carboxylic acids is 1. The highest BCUT2D eigenvalue weighted by Crippen LogP contribution is 2.19. The second-order valence-electron chi connectivity index (χ2n) is 5.11. The molecule has 1 aliphatic rings. The van der Waals surface area contributed by atoms with Gasteiger partial charge in [-0.2, -0.15) is 11.8 Å². The zero-order valence-corrected chi connectivity index (χ0v) is 13.1. The molecular formula is C15H17FN2O4S. The minimum atomic E-state index is -0.959. The van der Waals surface area contributed by atoms with Crippen LogP contribution in [0.3, 0.4) is 0 Å². The molecule has 1 aliphatic heterocycles. The Morgan fingerprint density at radius 3 is 2.87 bits per heavy atom. The second-order valence-corrected chi connectivity index (χ2v) is 6.26. The maximum atomic E-state index is 13.1. The van der Waals surface area contributed by atoms with E-state index in [1.54, 1.807) is 11.8 Å². The molecule has 0 aromatic heterocycles. The van der Waals surface area contributed by atoms with E-state index in [4.69, 9.17) is 5.11 Å². The van der Waals surface area contributed by atoms with Gasteiger partial charge in [-0.1, -0.05) is 6.07 Å². The summed E-state index contributed by atoms with van der Waals surface area (Å²) >= 11 is 1.60. The summed E-state index contributed by atoms with van der Waals surface area (Å²) in [6.07, 6.45) is -0.115. The van der Waals surface area contributed by atoms with Crippen molar-refractivity contribution in [1.82, 2.24) is 10.2 Å². The van der Waals surface area contributed by atoms with Crippen LogP contribution in [0.25, 0.3) is 0 Å². The average molecular weight is 340 g/mol. The number of hydrogen-bond acceptors (Lipinski definition) is 4. The van der Waals surface area contributed by atoms with Crippen molar-refractivity contribution in [2.75, 3.05) is 24.6 Å². The third kappa shape index (κ3) is 4.95. The highest BCUT2D eigenvalue weighted by molar-refractivity contribution is 7.99. The lowest BCUT2D eigenvalue weighted by atomic mass is 10.2. The predicted octanol–water partition coefficient (Wildman–Crippen LogP) is 0.974. The highest BCUT2D eigenvalue weighted by atomic mass is 32.2.